The molecule has 3 rings (SSSR count). The molecule has 2 fully saturated rings. The fourth-order valence-electron chi connectivity index (χ4n) is 3.85. The third kappa shape index (κ3) is 2.58. The van der Waals surface area contributed by atoms with Gasteiger partial charge in [-0.3, -0.25) is 4.79 Å². The molecule has 21 heavy (non-hydrogen) atoms. The molecular weight excluding hydrogens is 266 g/mol. The number of likely N-dealkylation sites (tertiary alicyclic amines) is 1. The van der Waals surface area contributed by atoms with Gasteiger partial charge >= 0.3 is 5.97 Å². The van der Waals surface area contributed by atoms with Gasteiger partial charge in [-0.2, -0.15) is 0 Å². The predicted octanol–water partition coefficient (Wildman–Crippen LogP) is 1.79. The lowest BCUT2D eigenvalue weighted by Crippen LogP contribution is -2.43. The van der Waals surface area contributed by atoms with Gasteiger partial charge in [-0.05, 0) is 26.0 Å². The highest BCUT2D eigenvalue weighted by atomic mass is 16.5. The summed E-state index contributed by atoms with van der Waals surface area (Å²) in [6.45, 7) is 1.99. The van der Waals surface area contributed by atoms with Crippen molar-refractivity contribution in [2.45, 2.75) is 43.9 Å². The van der Waals surface area contributed by atoms with E-state index in [1.807, 2.05) is 30.3 Å². The number of aliphatic hydroxyl groups excluding tert-OH is 1. The lowest BCUT2D eigenvalue weighted by atomic mass is 9.96. The van der Waals surface area contributed by atoms with Crippen LogP contribution in [-0.2, 0) is 9.53 Å². The zero-order chi connectivity index (χ0) is 15.0. The number of benzene rings is 1. The number of hydrogen-bond donors (Lipinski definition) is 1. The van der Waals surface area contributed by atoms with Crippen LogP contribution in [0.4, 0.5) is 0 Å². The van der Waals surface area contributed by atoms with Crippen molar-refractivity contribution in [3.63, 3.8) is 0 Å². The van der Waals surface area contributed by atoms with Gasteiger partial charge in [0, 0.05) is 24.4 Å². The van der Waals surface area contributed by atoms with Crippen molar-refractivity contribution in [3.05, 3.63) is 35.9 Å². The summed E-state index contributed by atoms with van der Waals surface area (Å²) in [6, 6.07) is 10.4. The molecule has 0 amide bonds. The second kappa shape index (κ2) is 5.78. The smallest absolute Gasteiger partial charge is 0.316 e. The maximum atomic E-state index is 12.4. The first kappa shape index (κ1) is 14.5. The normalized spacial score (nSPS) is 33.1. The summed E-state index contributed by atoms with van der Waals surface area (Å²) < 4.78 is 5.75. The zero-order valence-electron chi connectivity index (χ0n) is 12.6. The van der Waals surface area contributed by atoms with E-state index in [-0.39, 0.29) is 18.7 Å². The van der Waals surface area contributed by atoms with E-state index in [0.29, 0.717) is 18.0 Å². The Hall–Kier alpha value is -1.39. The Kier molecular flexibility index (Phi) is 4.00. The molecule has 1 N–H and O–H groups in total. The van der Waals surface area contributed by atoms with E-state index in [4.69, 9.17) is 4.74 Å². The monoisotopic (exact) mass is 289 g/mol. The molecule has 0 radical (unpaired) electrons. The molecular formula is C17H23NO3. The summed E-state index contributed by atoms with van der Waals surface area (Å²) >= 11 is 0. The molecule has 114 valence electrons. The molecule has 1 heterocycles. The Labute approximate surface area is 125 Å². The number of ether oxygens (including phenoxy) is 1. The first-order chi connectivity index (χ1) is 10.1. The van der Waals surface area contributed by atoms with Gasteiger partial charge in [0.05, 0.1) is 6.61 Å². The molecule has 2 aliphatic rings. The number of carbonyl (C=O) groups excluding carboxylic acids is 1. The Morgan fingerprint density at radius 3 is 2.67 bits per heavy atom. The largest absolute Gasteiger partial charge is 0.461 e. The van der Waals surface area contributed by atoms with Crippen molar-refractivity contribution in [2.75, 3.05) is 13.7 Å². The lowest BCUT2D eigenvalue weighted by Gasteiger charge is -2.34. The van der Waals surface area contributed by atoms with Crippen LogP contribution in [0.1, 0.15) is 31.2 Å². The van der Waals surface area contributed by atoms with Crippen molar-refractivity contribution in [1.82, 2.24) is 4.90 Å². The predicted molar refractivity (Wildman–Crippen MR) is 79.9 cm³/mol. The number of piperidine rings is 1. The number of carbonyl (C=O) groups is 1. The molecule has 1 saturated carbocycles. The minimum absolute atomic E-state index is 0.00598. The van der Waals surface area contributed by atoms with Crippen molar-refractivity contribution >= 4 is 5.97 Å². The number of fused-ring (bicyclic) bond motifs is 2. The Morgan fingerprint density at radius 2 is 2.10 bits per heavy atom. The highest BCUT2D eigenvalue weighted by molar-refractivity contribution is 5.78. The molecule has 4 nitrogen and oxygen atoms in total. The van der Waals surface area contributed by atoms with E-state index in [9.17, 15) is 9.90 Å². The van der Waals surface area contributed by atoms with Gasteiger partial charge in [0.15, 0.2) is 0 Å². The quantitative estimate of drug-likeness (QED) is 0.859. The molecule has 1 aromatic rings. The summed E-state index contributed by atoms with van der Waals surface area (Å²) in [5.41, 5.74) is 0.818. The Bertz CT molecular complexity index is 502. The maximum absolute atomic E-state index is 12.4. The van der Waals surface area contributed by atoms with E-state index < -0.39 is 5.92 Å². The van der Waals surface area contributed by atoms with E-state index in [1.54, 1.807) is 0 Å². The fourth-order valence-corrected chi connectivity index (χ4v) is 3.85. The van der Waals surface area contributed by atoms with E-state index in [2.05, 4.69) is 18.9 Å². The van der Waals surface area contributed by atoms with Gasteiger partial charge in [-0.25, -0.2) is 0 Å². The fraction of sp³-hybridized carbons (Fsp3) is 0.588. The van der Waals surface area contributed by atoms with Crippen molar-refractivity contribution in [3.8, 4) is 0 Å². The maximum Gasteiger partial charge on any atom is 0.316 e. The van der Waals surface area contributed by atoms with Gasteiger partial charge in [0.25, 0.3) is 0 Å². The van der Waals surface area contributed by atoms with Crippen LogP contribution in [0.25, 0.3) is 0 Å². The highest BCUT2D eigenvalue weighted by Gasteiger charge is 2.49. The topological polar surface area (TPSA) is 49.8 Å². The van der Waals surface area contributed by atoms with E-state index in [0.717, 1.165) is 18.4 Å². The van der Waals surface area contributed by atoms with Gasteiger partial charge in [0.1, 0.15) is 12.0 Å². The standard InChI is InChI=1S/C17H23NO3/c1-11-14-8-13(18(11)2)9-16(14)21-17(20)15(10-19)12-6-4-3-5-7-12/h3-7,11,13-16,19H,8-10H2,1-2H3/t11-,13+,14+,15+,16-/m1/s1. The van der Waals surface area contributed by atoms with Crippen LogP contribution in [0.5, 0.6) is 0 Å². The van der Waals surface area contributed by atoms with Crippen molar-refractivity contribution in [2.24, 2.45) is 5.92 Å². The van der Waals surface area contributed by atoms with Gasteiger partial charge in [-0.1, -0.05) is 30.3 Å². The average molecular weight is 289 g/mol. The van der Waals surface area contributed by atoms with Crippen LogP contribution in [-0.4, -0.2) is 47.8 Å². The summed E-state index contributed by atoms with van der Waals surface area (Å²) in [7, 11) is 2.15. The molecule has 1 aliphatic heterocycles. The van der Waals surface area contributed by atoms with Crippen LogP contribution in [0.3, 0.4) is 0 Å². The van der Waals surface area contributed by atoms with Crippen LogP contribution < -0.4 is 0 Å². The third-order valence-corrected chi connectivity index (χ3v) is 5.30. The molecule has 0 unspecified atom stereocenters. The van der Waals surface area contributed by atoms with E-state index >= 15 is 0 Å². The number of rotatable bonds is 4. The molecule has 0 spiro atoms. The summed E-state index contributed by atoms with van der Waals surface area (Å²) in [4.78, 5) is 14.8. The van der Waals surface area contributed by atoms with E-state index in [1.165, 1.54) is 0 Å². The first-order valence-electron chi connectivity index (χ1n) is 7.70. The third-order valence-electron chi connectivity index (χ3n) is 5.30. The number of aliphatic hydroxyl groups is 1. The molecule has 1 aromatic carbocycles. The zero-order valence-corrected chi connectivity index (χ0v) is 12.6. The highest BCUT2D eigenvalue weighted by Crippen LogP contribution is 2.43. The van der Waals surface area contributed by atoms with Gasteiger partial charge < -0.3 is 14.7 Å². The lowest BCUT2D eigenvalue weighted by molar-refractivity contribution is -0.156. The Balaban J connectivity index is 1.67. The van der Waals surface area contributed by atoms with Crippen molar-refractivity contribution < 1.29 is 14.6 Å². The van der Waals surface area contributed by atoms with Crippen LogP contribution >= 0.6 is 0 Å². The van der Waals surface area contributed by atoms with Crippen molar-refractivity contribution in [1.29, 1.82) is 0 Å². The Morgan fingerprint density at radius 1 is 1.38 bits per heavy atom. The number of esters is 1. The van der Waals surface area contributed by atoms with Gasteiger partial charge in [-0.15, -0.1) is 0 Å². The molecule has 1 aliphatic carbocycles. The second-order valence-electron chi connectivity index (χ2n) is 6.32. The summed E-state index contributed by atoms with van der Waals surface area (Å²) in [5, 5.41) is 9.54. The molecule has 5 atom stereocenters. The average Bonchev–Trinajstić information content (AvgIpc) is 3.01. The first-order valence-corrected chi connectivity index (χ1v) is 7.70. The minimum Gasteiger partial charge on any atom is -0.461 e. The molecule has 4 heteroatoms. The molecule has 2 bridgehead atoms. The van der Waals surface area contributed by atoms with Crippen LogP contribution in [0.15, 0.2) is 30.3 Å². The van der Waals surface area contributed by atoms with Crippen LogP contribution in [0, 0.1) is 5.92 Å². The number of hydrogen-bond acceptors (Lipinski definition) is 4. The molecule has 0 aromatic heterocycles. The summed E-state index contributed by atoms with van der Waals surface area (Å²) in [5.74, 6) is -0.437. The SMILES string of the molecule is C[C@@H]1[C@@H]2C[C@@H](C[C@H]2OC(=O)[C@@H](CO)c2ccccc2)N1C. The van der Waals surface area contributed by atoms with Crippen LogP contribution in [0.2, 0.25) is 0 Å². The van der Waals surface area contributed by atoms with Gasteiger partial charge in [0.2, 0.25) is 0 Å². The number of nitrogens with zero attached hydrogens (tertiary/aromatic N) is 1. The molecule has 1 saturated heterocycles. The second-order valence-corrected chi connectivity index (χ2v) is 6.32. The summed E-state index contributed by atoms with van der Waals surface area (Å²) in [6.07, 6.45) is 2.04. The minimum atomic E-state index is -0.571.